The van der Waals surface area contributed by atoms with E-state index >= 15 is 0 Å². The van der Waals surface area contributed by atoms with Crippen LogP contribution in [0.1, 0.15) is 29.6 Å². The molecule has 0 aliphatic heterocycles. The summed E-state index contributed by atoms with van der Waals surface area (Å²) in [6.07, 6.45) is 3.54. The number of anilines is 1. The highest BCUT2D eigenvalue weighted by molar-refractivity contribution is 5.96. The van der Waals surface area contributed by atoms with Crippen molar-refractivity contribution in [2.45, 2.75) is 33.4 Å². The van der Waals surface area contributed by atoms with Gasteiger partial charge in [-0.15, -0.1) is 0 Å². The van der Waals surface area contributed by atoms with Gasteiger partial charge in [0.2, 0.25) is 0 Å². The number of amides is 1. The summed E-state index contributed by atoms with van der Waals surface area (Å²) < 4.78 is 25.8. The molecule has 1 atom stereocenters. The number of esters is 1. The highest BCUT2D eigenvalue weighted by Gasteiger charge is 2.17. The summed E-state index contributed by atoms with van der Waals surface area (Å²) >= 11 is 0. The van der Waals surface area contributed by atoms with Gasteiger partial charge in [0, 0.05) is 23.2 Å². The maximum absolute atomic E-state index is 13.2. The first-order valence-corrected chi connectivity index (χ1v) is 9.47. The fourth-order valence-electron chi connectivity index (χ4n) is 3.03. The summed E-state index contributed by atoms with van der Waals surface area (Å²) in [5.74, 6) is -0.818. The molecule has 2 heterocycles. The number of aryl methyl sites for hydroxylation is 1. The van der Waals surface area contributed by atoms with Crippen molar-refractivity contribution in [3.8, 4) is 0 Å². The van der Waals surface area contributed by atoms with Crippen LogP contribution in [0.2, 0.25) is 0 Å². The number of benzene rings is 1. The lowest BCUT2D eigenvalue weighted by atomic mass is 10.2. The van der Waals surface area contributed by atoms with E-state index in [0.717, 1.165) is 22.7 Å². The fourth-order valence-corrected chi connectivity index (χ4v) is 3.03. The Morgan fingerprint density at radius 3 is 2.73 bits per heavy atom. The number of hydrogen-bond acceptors (Lipinski definition) is 4. The van der Waals surface area contributed by atoms with E-state index in [4.69, 9.17) is 9.15 Å². The van der Waals surface area contributed by atoms with Gasteiger partial charge in [0.1, 0.15) is 11.6 Å². The second kappa shape index (κ2) is 9.26. The van der Waals surface area contributed by atoms with E-state index in [1.165, 1.54) is 31.2 Å². The predicted molar refractivity (Wildman–Crippen MR) is 111 cm³/mol. The Bertz CT molecular complexity index is 1070. The van der Waals surface area contributed by atoms with Gasteiger partial charge in [-0.1, -0.05) is 6.07 Å². The Labute approximate surface area is 174 Å². The lowest BCUT2D eigenvalue weighted by Gasteiger charge is -2.12. The summed E-state index contributed by atoms with van der Waals surface area (Å²) in [4.78, 5) is 24.3. The Balaban J connectivity index is 1.59. The van der Waals surface area contributed by atoms with Gasteiger partial charge < -0.3 is 19.0 Å². The van der Waals surface area contributed by atoms with Crippen molar-refractivity contribution in [1.82, 2.24) is 4.57 Å². The average molecular weight is 410 g/mol. The third-order valence-electron chi connectivity index (χ3n) is 4.66. The molecule has 0 bridgehead atoms. The van der Waals surface area contributed by atoms with Crippen molar-refractivity contribution >= 4 is 23.6 Å². The molecule has 3 rings (SSSR count). The third-order valence-corrected chi connectivity index (χ3v) is 4.66. The first kappa shape index (κ1) is 21.1. The Morgan fingerprint density at radius 2 is 2.03 bits per heavy atom. The number of aromatic nitrogens is 1. The van der Waals surface area contributed by atoms with Gasteiger partial charge in [-0.05, 0) is 68.8 Å². The molecule has 30 heavy (non-hydrogen) atoms. The molecule has 0 fully saturated rings. The number of furan rings is 1. The van der Waals surface area contributed by atoms with Crippen LogP contribution in [0.25, 0.3) is 6.08 Å². The van der Waals surface area contributed by atoms with Gasteiger partial charge >= 0.3 is 5.97 Å². The fraction of sp³-hybridized carbons (Fsp3) is 0.217. The molecule has 0 saturated carbocycles. The van der Waals surface area contributed by atoms with Crippen LogP contribution in [0.5, 0.6) is 0 Å². The molecule has 0 spiro atoms. The summed E-state index contributed by atoms with van der Waals surface area (Å²) in [6, 6.07) is 11.2. The van der Waals surface area contributed by atoms with Gasteiger partial charge in [0.05, 0.1) is 12.8 Å². The number of ether oxygens (including phenoxy) is 1. The van der Waals surface area contributed by atoms with Gasteiger partial charge in [-0.3, -0.25) is 4.79 Å². The zero-order valence-electron chi connectivity index (χ0n) is 17.0. The molecule has 156 valence electrons. The molecule has 6 nitrogen and oxygen atoms in total. The van der Waals surface area contributed by atoms with Crippen molar-refractivity contribution in [2.24, 2.45) is 0 Å². The van der Waals surface area contributed by atoms with Crippen molar-refractivity contribution in [2.75, 3.05) is 5.32 Å². The third kappa shape index (κ3) is 5.26. The van der Waals surface area contributed by atoms with E-state index in [1.54, 1.807) is 18.4 Å². The van der Waals surface area contributed by atoms with Crippen molar-refractivity contribution < 1.29 is 23.1 Å². The molecular formula is C23H23FN2O4. The number of nitrogens with one attached hydrogen (secondary N) is 1. The molecule has 1 amide bonds. The minimum absolute atomic E-state index is 0.294. The van der Waals surface area contributed by atoms with Crippen LogP contribution in [-0.4, -0.2) is 22.5 Å². The molecule has 0 aliphatic rings. The molecular weight excluding hydrogens is 387 g/mol. The van der Waals surface area contributed by atoms with Crippen LogP contribution in [-0.2, 0) is 20.9 Å². The number of rotatable bonds is 7. The molecule has 0 saturated heterocycles. The summed E-state index contributed by atoms with van der Waals surface area (Å²) in [5.41, 5.74) is 3.17. The van der Waals surface area contributed by atoms with E-state index in [-0.39, 0.29) is 0 Å². The second-order valence-corrected chi connectivity index (χ2v) is 6.90. The maximum Gasteiger partial charge on any atom is 0.331 e. The zero-order valence-corrected chi connectivity index (χ0v) is 17.0. The van der Waals surface area contributed by atoms with E-state index in [1.807, 2.05) is 32.0 Å². The second-order valence-electron chi connectivity index (χ2n) is 6.90. The summed E-state index contributed by atoms with van der Waals surface area (Å²) in [6.45, 7) is 5.98. The molecule has 7 heteroatoms. The van der Waals surface area contributed by atoms with Crippen LogP contribution in [0, 0.1) is 19.7 Å². The number of nitrogens with zero attached hydrogens (tertiary/aromatic N) is 1. The average Bonchev–Trinajstić information content (AvgIpc) is 3.30. The Kier molecular flexibility index (Phi) is 6.51. The van der Waals surface area contributed by atoms with Crippen molar-refractivity contribution in [3.05, 3.63) is 83.3 Å². The zero-order chi connectivity index (χ0) is 21.7. The van der Waals surface area contributed by atoms with Crippen LogP contribution in [0.15, 0.2) is 59.2 Å². The van der Waals surface area contributed by atoms with Crippen molar-refractivity contribution in [3.63, 3.8) is 0 Å². The smallest absolute Gasteiger partial charge is 0.331 e. The lowest BCUT2D eigenvalue weighted by molar-refractivity contribution is -0.148. The minimum Gasteiger partial charge on any atom is -0.467 e. The molecule has 1 N–H and O–H groups in total. The summed E-state index contributed by atoms with van der Waals surface area (Å²) in [7, 11) is 0. The number of halogens is 1. The SMILES string of the molecule is Cc1cc(/C=C/C(=O)O[C@H](C)C(=O)Nc2cccc(F)c2)c(C)n1Cc1ccco1. The standard InChI is InChI=1S/C23H23FN2O4/c1-15-12-18(16(2)26(15)14-21-8-5-11-29-21)9-10-22(27)30-17(3)23(28)25-20-7-4-6-19(24)13-20/h4-13,17H,14H2,1-3H3,(H,25,28)/b10-9+/t17-/m1/s1. The molecule has 1 aromatic carbocycles. The van der Waals surface area contributed by atoms with E-state index in [2.05, 4.69) is 9.88 Å². The first-order valence-electron chi connectivity index (χ1n) is 9.47. The maximum atomic E-state index is 13.2. The Hall–Kier alpha value is -3.61. The highest BCUT2D eigenvalue weighted by atomic mass is 19.1. The minimum atomic E-state index is -1.03. The monoisotopic (exact) mass is 410 g/mol. The van der Waals surface area contributed by atoms with Crippen LogP contribution in [0.3, 0.4) is 0 Å². The highest BCUT2D eigenvalue weighted by Crippen LogP contribution is 2.19. The predicted octanol–water partition coefficient (Wildman–Crippen LogP) is 4.47. The van der Waals surface area contributed by atoms with E-state index < -0.39 is 23.8 Å². The lowest BCUT2D eigenvalue weighted by Crippen LogP contribution is -2.29. The van der Waals surface area contributed by atoms with Gasteiger partial charge in [0.15, 0.2) is 6.10 Å². The molecule has 0 unspecified atom stereocenters. The van der Waals surface area contributed by atoms with Crippen molar-refractivity contribution in [1.29, 1.82) is 0 Å². The first-order chi connectivity index (χ1) is 14.3. The largest absolute Gasteiger partial charge is 0.467 e. The van der Waals surface area contributed by atoms with Crippen LogP contribution in [0.4, 0.5) is 10.1 Å². The topological polar surface area (TPSA) is 73.5 Å². The van der Waals surface area contributed by atoms with E-state index in [9.17, 15) is 14.0 Å². The van der Waals surface area contributed by atoms with Gasteiger partial charge in [-0.25, -0.2) is 9.18 Å². The Morgan fingerprint density at radius 1 is 1.23 bits per heavy atom. The van der Waals surface area contributed by atoms with E-state index in [0.29, 0.717) is 12.2 Å². The van der Waals surface area contributed by atoms with Crippen LogP contribution >= 0.6 is 0 Å². The van der Waals surface area contributed by atoms with Gasteiger partial charge in [0.25, 0.3) is 5.91 Å². The quantitative estimate of drug-likeness (QED) is 0.461. The molecule has 0 aliphatic carbocycles. The molecule has 3 aromatic rings. The summed E-state index contributed by atoms with van der Waals surface area (Å²) in [5, 5.41) is 2.51. The van der Waals surface area contributed by atoms with Gasteiger partial charge in [-0.2, -0.15) is 0 Å². The number of hydrogen-bond donors (Lipinski definition) is 1. The number of carbonyl (C=O) groups is 2. The normalized spacial score (nSPS) is 12.1. The van der Waals surface area contributed by atoms with Crippen LogP contribution < -0.4 is 5.32 Å². The molecule has 0 radical (unpaired) electrons. The molecule has 2 aromatic heterocycles. The number of carbonyl (C=O) groups excluding carboxylic acids is 2.